The number of amides is 2. The van der Waals surface area contributed by atoms with E-state index in [0.717, 1.165) is 10.9 Å². The van der Waals surface area contributed by atoms with Crippen molar-refractivity contribution in [3.63, 3.8) is 0 Å². The van der Waals surface area contributed by atoms with E-state index in [-0.39, 0.29) is 12.3 Å². The van der Waals surface area contributed by atoms with Crippen molar-refractivity contribution in [2.24, 2.45) is 13.0 Å². The molecule has 32 heavy (non-hydrogen) atoms. The molecule has 0 aliphatic rings. The Hall–Kier alpha value is -3.80. The van der Waals surface area contributed by atoms with Gasteiger partial charge < -0.3 is 24.9 Å². The van der Waals surface area contributed by atoms with Crippen LogP contribution in [-0.2, 0) is 18.3 Å². The van der Waals surface area contributed by atoms with Gasteiger partial charge in [-0.1, -0.05) is 19.9 Å². The number of aryl methyl sites for hydroxylation is 1. The maximum absolute atomic E-state index is 13.0. The summed E-state index contributed by atoms with van der Waals surface area (Å²) < 4.78 is 7.13. The summed E-state index contributed by atoms with van der Waals surface area (Å²) in [5.41, 5.74) is 1.80. The lowest BCUT2D eigenvalue weighted by Gasteiger charge is -2.21. The van der Waals surface area contributed by atoms with Crippen LogP contribution in [0.5, 0.6) is 5.75 Å². The fourth-order valence-electron chi connectivity index (χ4n) is 3.55. The van der Waals surface area contributed by atoms with Crippen molar-refractivity contribution in [1.29, 1.82) is 5.26 Å². The van der Waals surface area contributed by atoms with E-state index in [1.165, 1.54) is 0 Å². The number of nitrogens with one attached hydrogen (secondary N) is 3. The molecule has 168 valence electrons. The minimum atomic E-state index is -0.782. The average molecular weight is 437 g/mol. The number of fused-ring (bicyclic) bond motifs is 1. The number of carbonyl (C=O) groups is 2. The first-order valence-corrected chi connectivity index (χ1v) is 10.4. The monoisotopic (exact) mass is 436 g/mol. The van der Waals surface area contributed by atoms with Gasteiger partial charge in [0.05, 0.1) is 25.2 Å². The molecule has 0 saturated carbocycles. The molecule has 9 heteroatoms. The largest absolute Gasteiger partial charge is 0.496 e. The van der Waals surface area contributed by atoms with Crippen LogP contribution in [0, 0.1) is 17.2 Å². The highest BCUT2D eigenvalue weighted by molar-refractivity contribution is 6.01. The molecule has 2 aromatic heterocycles. The average Bonchev–Trinajstić information content (AvgIpc) is 3.38. The summed E-state index contributed by atoms with van der Waals surface area (Å²) in [5, 5.41) is 15.8. The number of imidazole rings is 1. The van der Waals surface area contributed by atoms with Crippen LogP contribution in [0.1, 0.15) is 36.5 Å². The maximum Gasteiger partial charge on any atom is 0.268 e. The molecule has 0 aliphatic carbocycles. The van der Waals surface area contributed by atoms with Gasteiger partial charge in [0.15, 0.2) is 0 Å². The van der Waals surface area contributed by atoms with Crippen molar-refractivity contribution in [3.05, 3.63) is 48.2 Å². The minimum Gasteiger partial charge on any atom is -0.496 e. The summed E-state index contributed by atoms with van der Waals surface area (Å²) in [6.45, 7) is 3.94. The number of ether oxygens (including phenoxy) is 1. The Morgan fingerprint density at radius 1 is 1.31 bits per heavy atom. The number of carbonyl (C=O) groups excluding carboxylic acids is 2. The smallest absolute Gasteiger partial charge is 0.268 e. The van der Waals surface area contributed by atoms with Gasteiger partial charge in [0.1, 0.15) is 23.5 Å². The highest BCUT2D eigenvalue weighted by atomic mass is 16.5. The Bertz CT molecular complexity index is 1140. The van der Waals surface area contributed by atoms with Crippen LogP contribution in [0.4, 0.5) is 0 Å². The summed E-state index contributed by atoms with van der Waals surface area (Å²) in [6.07, 6.45) is 4.16. The highest BCUT2D eigenvalue weighted by Crippen LogP contribution is 2.26. The van der Waals surface area contributed by atoms with Gasteiger partial charge in [-0.25, -0.2) is 4.98 Å². The summed E-state index contributed by atoms with van der Waals surface area (Å²) in [7, 11) is 3.41. The van der Waals surface area contributed by atoms with E-state index in [4.69, 9.17) is 4.74 Å². The standard InChI is InChI=1S/C23H28N6O3/c1-14(2)8-19(22(30)26-15(11-24)9-16-12-29(3)13-25-16)28-23(31)20-10-17-18(27-20)6-5-7-21(17)32-4/h5-7,10,12-15,19,27H,8-9H2,1-4H3,(H,26,30)(H,28,31)/t15-,19-/m0/s1. The number of H-pyrrole nitrogens is 1. The molecule has 0 bridgehead atoms. The van der Waals surface area contributed by atoms with Crippen LogP contribution in [0.15, 0.2) is 36.8 Å². The fraction of sp³-hybridized carbons (Fsp3) is 0.391. The van der Waals surface area contributed by atoms with Crippen molar-refractivity contribution in [3.8, 4) is 11.8 Å². The highest BCUT2D eigenvalue weighted by Gasteiger charge is 2.26. The Labute approximate surface area is 186 Å². The first-order chi connectivity index (χ1) is 15.3. The predicted molar refractivity (Wildman–Crippen MR) is 120 cm³/mol. The quantitative estimate of drug-likeness (QED) is 0.475. The molecular formula is C23H28N6O3. The molecule has 1 aromatic carbocycles. The lowest BCUT2D eigenvalue weighted by molar-refractivity contribution is -0.123. The first kappa shape index (κ1) is 22.9. The van der Waals surface area contributed by atoms with Gasteiger partial charge in [0, 0.05) is 30.6 Å². The molecule has 2 amide bonds. The third-order valence-electron chi connectivity index (χ3n) is 5.06. The molecule has 0 saturated heterocycles. The molecule has 3 aromatic rings. The normalized spacial score (nSPS) is 12.9. The number of benzene rings is 1. The SMILES string of the molecule is COc1cccc2[nH]c(C(=O)N[C@@H](CC(C)C)C(=O)N[C@H](C#N)Cc3cn(C)cn3)cc12. The fourth-order valence-corrected chi connectivity index (χ4v) is 3.55. The second kappa shape index (κ2) is 10.0. The van der Waals surface area contributed by atoms with Crippen molar-refractivity contribution < 1.29 is 14.3 Å². The molecule has 9 nitrogen and oxygen atoms in total. The molecule has 2 heterocycles. The topological polar surface area (TPSA) is 125 Å². The van der Waals surface area contributed by atoms with Gasteiger partial charge in [-0.05, 0) is 30.5 Å². The van der Waals surface area contributed by atoms with Gasteiger partial charge in [-0.15, -0.1) is 0 Å². The Balaban J connectivity index is 1.73. The van der Waals surface area contributed by atoms with Crippen molar-refractivity contribution in [2.75, 3.05) is 7.11 Å². The summed E-state index contributed by atoms with van der Waals surface area (Å²) in [4.78, 5) is 33.1. The maximum atomic E-state index is 13.0. The number of nitriles is 1. The molecule has 3 N–H and O–H groups in total. The second-order valence-corrected chi connectivity index (χ2v) is 8.18. The second-order valence-electron chi connectivity index (χ2n) is 8.18. The van der Waals surface area contributed by atoms with E-state index < -0.39 is 23.9 Å². The van der Waals surface area contributed by atoms with Gasteiger partial charge >= 0.3 is 0 Å². The van der Waals surface area contributed by atoms with E-state index in [2.05, 4.69) is 26.7 Å². The molecular weight excluding hydrogens is 408 g/mol. The molecule has 3 rings (SSSR count). The van der Waals surface area contributed by atoms with Crippen molar-refractivity contribution in [2.45, 2.75) is 38.8 Å². The van der Waals surface area contributed by atoms with Crippen molar-refractivity contribution >= 4 is 22.7 Å². The predicted octanol–water partition coefficient (Wildman–Crippen LogP) is 2.31. The number of hydrogen-bond acceptors (Lipinski definition) is 5. The van der Waals surface area contributed by atoms with Crippen LogP contribution < -0.4 is 15.4 Å². The Morgan fingerprint density at radius 2 is 2.09 bits per heavy atom. The van der Waals surface area contributed by atoms with E-state index in [1.807, 2.05) is 39.1 Å². The van der Waals surface area contributed by atoms with Crippen molar-refractivity contribution in [1.82, 2.24) is 25.2 Å². The molecule has 0 unspecified atom stereocenters. The lowest BCUT2D eigenvalue weighted by atomic mass is 10.0. The van der Waals surface area contributed by atoms with E-state index in [1.54, 1.807) is 30.3 Å². The minimum absolute atomic E-state index is 0.158. The third-order valence-corrected chi connectivity index (χ3v) is 5.06. The number of hydrogen-bond donors (Lipinski definition) is 3. The first-order valence-electron chi connectivity index (χ1n) is 10.4. The van der Waals surface area contributed by atoms with Gasteiger partial charge in [0.2, 0.25) is 5.91 Å². The number of rotatable bonds is 9. The zero-order valence-corrected chi connectivity index (χ0v) is 18.7. The van der Waals surface area contributed by atoms with Crippen LogP contribution in [-0.4, -0.2) is 45.5 Å². The van der Waals surface area contributed by atoms with E-state index >= 15 is 0 Å². The number of nitrogens with zero attached hydrogens (tertiary/aromatic N) is 3. The molecule has 0 fully saturated rings. The van der Waals surface area contributed by atoms with E-state index in [9.17, 15) is 14.9 Å². The van der Waals surface area contributed by atoms with Crippen LogP contribution in [0.3, 0.4) is 0 Å². The number of methoxy groups -OCH3 is 1. The zero-order chi connectivity index (χ0) is 23.3. The van der Waals surface area contributed by atoms with Gasteiger partial charge in [0.25, 0.3) is 5.91 Å². The Morgan fingerprint density at radius 3 is 2.72 bits per heavy atom. The molecule has 0 aliphatic heterocycles. The van der Waals surface area contributed by atoms with Crippen LogP contribution in [0.25, 0.3) is 10.9 Å². The lowest BCUT2D eigenvalue weighted by Crippen LogP contribution is -2.50. The number of aromatic nitrogens is 3. The summed E-state index contributed by atoms with van der Waals surface area (Å²) in [5.74, 6) is 0.0105. The van der Waals surface area contributed by atoms with Gasteiger partial charge in [-0.2, -0.15) is 5.26 Å². The van der Waals surface area contributed by atoms with E-state index in [0.29, 0.717) is 23.6 Å². The molecule has 0 spiro atoms. The van der Waals surface area contributed by atoms with Crippen LogP contribution in [0.2, 0.25) is 0 Å². The summed E-state index contributed by atoms with van der Waals surface area (Å²) in [6, 6.07) is 7.77. The van der Waals surface area contributed by atoms with Crippen LogP contribution >= 0.6 is 0 Å². The number of aromatic amines is 1. The third kappa shape index (κ3) is 5.46. The summed E-state index contributed by atoms with van der Waals surface area (Å²) >= 11 is 0. The van der Waals surface area contributed by atoms with Gasteiger partial charge in [-0.3, -0.25) is 9.59 Å². The molecule has 2 atom stereocenters. The Kier molecular flexibility index (Phi) is 7.15. The zero-order valence-electron chi connectivity index (χ0n) is 18.7. The molecule has 0 radical (unpaired) electrons.